The van der Waals surface area contributed by atoms with Gasteiger partial charge in [-0.05, 0) is 64.0 Å². The molecule has 0 unspecified atom stereocenters. The van der Waals surface area contributed by atoms with Gasteiger partial charge in [-0.1, -0.05) is 35.9 Å². The number of nitrogens with zero attached hydrogens (tertiary/aromatic N) is 2. The normalized spacial score (nSPS) is 11.1. The highest BCUT2D eigenvalue weighted by atomic mass is 16.1. The Hall–Kier alpha value is -3.14. The minimum absolute atomic E-state index is 0.142. The van der Waals surface area contributed by atoms with Gasteiger partial charge in [0.1, 0.15) is 0 Å². The summed E-state index contributed by atoms with van der Waals surface area (Å²) < 4.78 is 1.90. The summed E-state index contributed by atoms with van der Waals surface area (Å²) in [5, 5.41) is 7.61. The SMILES string of the molecule is Cc1cc(C)c(NC(=O)C=Cc2c(C)nn(-c3ccccc3)c2C)c(C)c1. The Bertz CT molecular complexity index is 991. The van der Waals surface area contributed by atoms with Gasteiger partial charge in [-0.3, -0.25) is 4.79 Å². The predicted octanol–water partition coefficient (Wildman–Crippen LogP) is 5.07. The molecule has 0 aliphatic heterocycles. The summed E-state index contributed by atoms with van der Waals surface area (Å²) in [4.78, 5) is 12.4. The van der Waals surface area contributed by atoms with Crippen LogP contribution < -0.4 is 5.32 Å². The number of rotatable bonds is 4. The van der Waals surface area contributed by atoms with E-state index in [1.165, 1.54) is 5.56 Å². The van der Waals surface area contributed by atoms with Crippen molar-refractivity contribution >= 4 is 17.7 Å². The van der Waals surface area contributed by atoms with Crippen LogP contribution in [0.4, 0.5) is 5.69 Å². The van der Waals surface area contributed by atoms with Gasteiger partial charge in [-0.25, -0.2) is 4.68 Å². The molecule has 3 rings (SSSR count). The first kappa shape index (κ1) is 18.6. The maximum absolute atomic E-state index is 12.4. The molecule has 0 saturated carbocycles. The topological polar surface area (TPSA) is 46.9 Å². The summed E-state index contributed by atoms with van der Waals surface area (Å²) >= 11 is 0. The average molecular weight is 359 g/mol. The number of hydrogen-bond acceptors (Lipinski definition) is 2. The molecule has 0 fully saturated rings. The Morgan fingerprint density at radius 3 is 2.26 bits per heavy atom. The summed E-state index contributed by atoms with van der Waals surface area (Å²) in [5.74, 6) is -0.142. The van der Waals surface area contributed by atoms with Crippen LogP contribution in [0.25, 0.3) is 11.8 Å². The van der Waals surface area contributed by atoms with Gasteiger partial charge in [-0.15, -0.1) is 0 Å². The molecule has 0 spiro atoms. The second kappa shape index (κ2) is 7.62. The van der Waals surface area contributed by atoms with Crippen LogP contribution in [-0.2, 0) is 4.79 Å². The van der Waals surface area contributed by atoms with Crippen molar-refractivity contribution in [1.82, 2.24) is 9.78 Å². The molecule has 1 amide bonds. The van der Waals surface area contributed by atoms with Gasteiger partial charge in [0.2, 0.25) is 5.91 Å². The van der Waals surface area contributed by atoms with Gasteiger partial charge >= 0.3 is 0 Å². The number of amides is 1. The van der Waals surface area contributed by atoms with E-state index in [1.54, 1.807) is 6.08 Å². The first-order valence-electron chi connectivity index (χ1n) is 9.05. The van der Waals surface area contributed by atoms with Crippen molar-refractivity contribution in [3.8, 4) is 5.69 Å². The smallest absolute Gasteiger partial charge is 0.248 e. The van der Waals surface area contributed by atoms with Crippen LogP contribution in [0.1, 0.15) is 33.6 Å². The molecule has 1 aromatic heterocycles. The number of aromatic nitrogens is 2. The molecule has 0 radical (unpaired) electrons. The van der Waals surface area contributed by atoms with Gasteiger partial charge in [0.25, 0.3) is 0 Å². The number of anilines is 1. The molecule has 4 heteroatoms. The third-order valence-electron chi connectivity index (χ3n) is 4.67. The van der Waals surface area contributed by atoms with Crippen molar-refractivity contribution in [3.05, 3.63) is 82.2 Å². The van der Waals surface area contributed by atoms with Gasteiger partial charge in [0, 0.05) is 23.0 Å². The number of nitrogens with one attached hydrogen (secondary N) is 1. The molecule has 138 valence electrons. The highest BCUT2D eigenvalue weighted by Gasteiger charge is 2.11. The number of aryl methyl sites for hydroxylation is 4. The Morgan fingerprint density at radius 2 is 1.63 bits per heavy atom. The van der Waals surface area contributed by atoms with E-state index < -0.39 is 0 Å². The molecule has 3 aromatic rings. The van der Waals surface area contributed by atoms with Crippen LogP contribution in [0.3, 0.4) is 0 Å². The number of para-hydroxylation sites is 1. The van der Waals surface area contributed by atoms with Crippen molar-refractivity contribution in [2.45, 2.75) is 34.6 Å². The molecule has 27 heavy (non-hydrogen) atoms. The van der Waals surface area contributed by atoms with E-state index in [-0.39, 0.29) is 5.91 Å². The van der Waals surface area contributed by atoms with Gasteiger partial charge in [0.05, 0.1) is 11.4 Å². The lowest BCUT2D eigenvalue weighted by molar-refractivity contribution is -0.111. The van der Waals surface area contributed by atoms with E-state index in [4.69, 9.17) is 0 Å². The first-order valence-corrected chi connectivity index (χ1v) is 9.05. The quantitative estimate of drug-likeness (QED) is 0.661. The first-order chi connectivity index (χ1) is 12.9. The molecule has 0 aliphatic rings. The Morgan fingerprint density at radius 1 is 1.00 bits per heavy atom. The summed E-state index contributed by atoms with van der Waals surface area (Å²) in [6, 6.07) is 14.1. The van der Waals surface area contributed by atoms with E-state index >= 15 is 0 Å². The minimum Gasteiger partial charge on any atom is -0.322 e. The molecule has 1 heterocycles. The third kappa shape index (κ3) is 4.00. The fourth-order valence-electron chi connectivity index (χ4n) is 3.42. The highest BCUT2D eigenvalue weighted by Crippen LogP contribution is 2.22. The fourth-order valence-corrected chi connectivity index (χ4v) is 3.42. The van der Waals surface area contributed by atoms with E-state index in [2.05, 4.69) is 29.5 Å². The van der Waals surface area contributed by atoms with Gasteiger partial charge < -0.3 is 5.32 Å². The largest absolute Gasteiger partial charge is 0.322 e. The zero-order valence-corrected chi connectivity index (χ0v) is 16.5. The van der Waals surface area contributed by atoms with Crippen molar-refractivity contribution in [2.24, 2.45) is 0 Å². The lowest BCUT2D eigenvalue weighted by Crippen LogP contribution is -2.10. The molecule has 1 N–H and O–H groups in total. The van der Waals surface area contributed by atoms with Crippen molar-refractivity contribution in [3.63, 3.8) is 0 Å². The van der Waals surface area contributed by atoms with Crippen molar-refractivity contribution < 1.29 is 4.79 Å². The van der Waals surface area contributed by atoms with E-state index in [0.29, 0.717) is 0 Å². The molecule has 0 atom stereocenters. The highest BCUT2D eigenvalue weighted by molar-refractivity contribution is 6.03. The van der Waals surface area contributed by atoms with Crippen LogP contribution in [-0.4, -0.2) is 15.7 Å². The number of benzene rings is 2. The van der Waals surface area contributed by atoms with E-state index in [9.17, 15) is 4.79 Å². The summed E-state index contributed by atoms with van der Waals surface area (Å²) in [6.45, 7) is 10.0. The predicted molar refractivity (Wildman–Crippen MR) is 111 cm³/mol. The standard InChI is InChI=1S/C23H25N3O/c1-15-13-16(2)23(17(3)14-15)24-22(27)12-11-21-18(4)25-26(19(21)5)20-9-7-6-8-10-20/h6-14H,1-5H3,(H,24,27). The maximum atomic E-state index is 12.4. The van der Waals surface area contributed by atoms with Gasteiger partial charge in [-0.2, -0.15) is 5.10 Å². The molecular weight excluding hydrogens is 334 g/mol. The number of hydrogen-bond donors (Lipinski definition) is 1. The number of carbonyl (C=O) groups is 1. The van der Waals surface area contributed by atoms with Crippen LogP contribution >= 0.6 is 0 Å². The van der Waals surface area contributed by atoms with Gasteiger partial charge in [0.15, 0.2) is 0 Å². The second-order valence-electron chi connectivity index (χ2n) is 6.93. The Labute approximate surface area is 160 Å². The molecule has 0 saturated heterocycles. The Balaban J connectivity index is 1.83. The lowest BCUT2D eigenvalue weighted by atomic mass is 10.1. The fraction of sp³-hybridized carbons (Fsp3) is 0.217. The maximum Gasteiger partial charge on any atom is 0.248 e. The second-order valence-corrected chi connectivity index (χ2v) is 6.93. The molecule has 0 bridgehead atoms. The summed E-state index contributed by atoms with van der Waals surface area (Å²) in [5.41, 5.74) is 8.08. The van der Waals surface area contributed by atoms with E-state index in [1.807, 2.05) is 68.8 Å². The average Bonchev–Trinajstić information content (AvgIpc) is 2.91. The molecule has 2 aromatic carbocycles. The van der Waals surface area contributed by atoms with Crippen LogP contribution in [0, 0.1) is 34.6 Å². The number of carbonyl (C=O) groups excluding carboxylic acids is 1. The van der Waals surface area contributed by atoms with Crippen LogP contribution in [0.5, 0.6) is 0 Å². The molecule has 4 nitrogen and oxygen atoms in total. The molecule has 0 aliphatic carbocycles. The zero-order chi connectivity index (χ0) is 19.6. The Kier molecular flexibility index (Phi) is 5.26. The zero-order valence-electron chi connectivity index (χ0n) is 16.5. The van der Waals surface area contributed by atoms with Crippen LogP contribution in [0.2, 0.25) is 0 Å². The minimum atomic E-state index is -0.142. The summed E-state index contributed by atoms with van der Waals surface area (Å²) in [6.07, 6.45) is 3.41. The van der Waals surface area contributed by atoms with Crippen molar-refractivity contribution in [1.29, 1.82) is 0 Å². The lowest BCUT2D eigenvalue weighted by Gasteiger charge is -2.11. The third-order valence-corrected chi connectivity index (χ3v) is 4.67. The van der Waals surface area contributed by atoms with Crippen LogP contribution in [0.15, 0.2) is 48.5 Å². The summed E-state index contributed by atoms with van der Waals surface area (Å²) in [7, 11) is 0. The van der Waals surface area contributed by atoms with Crippen molar-refractivity contribution in [2.75, 3.05) is 5.32 Å². The molecular formula is C23H25N3O. The monoisotopic (exact) mass is 359 g/mol. The van der Waals surface area contributed by atoms with E-state index in [0.717, 1.165) is 39.5 Å².